The van der Waals surface area contributed by atoms with Crippen molar-refractivity contribution in [2.75, 3.05) is 38.7 Å². The van der Waals surface area contributed by atoms with E-state index in [0.717, 1.165) is 34.2 Å². The predicted molar refractivity (Wildman–Crippen MR) is 143 cm³/mol. The highest BCUT2D eigenvalue weighted by Crippen LogP contribution is 2.19. The van der Waals surface area contributed by atoms with Crippen LogP contribution in [0.3, 0.4) is 0 Å². The number of hydrogen-bond acceptors (Lipinski definition) is 3. The molecule has 0 aliphatic carbocycles. The van der Waals surface area contributed by atoms with Crippen molar-refractivity contribution < 1.29 is 27.5 Å². The molecule has 4 aromatic rings. The summed E-state index contributed by atoms with van der Waals surface area (Å²) in [7, 11) is 1.47. The number of aromatic nitrogens is 1. The molecule has 204 valence electrons. The molecule has 7 nitrogen and oxygen atoms in total. The number of halogens is 3. The van der Waals surface area contributed by atoms with E-state index in [-0.39, 0.29) is 43.7 Å². The zero-order valence-electron chi connectivity index (χ0n) is 21.4. The Labute approximate surface area is 224 Å². The quantitative estimate of drug-likeness (QED) is 0.271. The summed E-state index contributed by atoms with van der Waals surface area (Å²) in [4.78, 5) is 32.6. The zero-order chi connectivity index (χ0) is 27.8. The Morgan fingerprint density at radius 1 is 0.923 bits per heavy atom. The lowest BCUT2D eigenvalue weighted by Crippen LogP contribution is -2.46. The van der Waals surface area contributed by atoms with Crippen LogP contribution in [0.1, 0.15) is 11.1 Å². The maximum Gasteiger partial charge on any atom is 0.322 e. The Bertz CT molecular complexity index is 1430. The van der Waals surface area contributed by atoms with Gasteiger partial charge in [0.25, 0.3) is 0 Å². The van der Waals surface area contributed by atoms with E-state index in [1.807, 2.05) is 30.5 Å². The molecule has 0 atom stereocenters. The van der Waals surface area contributed by atoms with Gasteiger partial charge >= 0.3 is 6.03 Å². The molecule has 10 heteroatoms. The number of benzene rings is 3. The molecule has 0 fully saturated rings. The molecule has 0 saturated heterocycles. The summed E-state index contributed by atoms with van der Waals surface area (Å²) >= 11 is 0. The van der Waals surface area contributed by atoms with E-state index < -0.39 is 17.7 Å². The standard InChI is InChI=1S/C29H29F3N4O3/c1-39-15-14-36(29(38)34-23-10-11-25(31)26(32)16-23)19-28(37)35(18-20-6-8-22(30)9-7-20)13-12-21-17-33-27-5-3-2-4-24(21)27/h2-11,16-17,33H,12-15,18-19H2,1H3,(H,34,38). The minimum absolute atomic E-state index is 0.0521. The van der Waals surface area contributed by atoms with Gasteiger partial charge in [-0.25, -0.2) is 18.0 Å². The number of H-pyrrole nitrogens is 1. The maximum atomic E-state index is 13.6. The van der Waals surface area contributed by atoms with Gasteiger partial charge in [0.1, 0.15) is 12.4 Å². The highest BCUT2D eigenvalue weighted by molar-refractivity contribution is 5.92. The fraction of sp³-hybridized carbons (Fsp3) is 0.241. The second-order valence-corrected chi connectivity index (χ2v) is 9.02. The number of nitrogens with zero attached hydrogens (tertiary/aromatic N) is 2. The van der Waals surface area contributed by atoms with E-state index in [9.17, 15) is 22.8 Å². The molecule has 3 amide bonds. The summed E-state index contributed by atoms with van der Waals surface area (Å²) in [6.45, 7) is 0.523. The number of fused-ring (bicyclic) bond motifs is 1. The number of carbonyl (C=O) groups is 2. The van der Waals surface area contributed by atoms with Gasteiger partial charge in [-0.15, -0.1) is 0 Å². The van der Waals surface area contributed by atoms with Gasteiger partial charge in [0, 0.05) is 55.6 Å². The first kappa shape index (κ1) is 27.7. The fourth-order valence-corrected chi connectivity index (χ4v) is 4.19. The Morgan fingerprint density at radius 2 is 1.69 bits per heavy atom. The lowest BCUT2D eigenvalue weighted by molar-refractivity contribution is -0.132. The van der Waals surface area contributed by atoms with Crippen LogP contribution in [0, 0.1) is 17.5 Å². The van der Waals surface area contributed by atoms with Crippen molar-refractivity contribution in [3.63, 3.8) is 0 Å². The summed E-state index contributed by atoms with van der Waals surface area (Å²) in [5.74, 6) is -2.85. The Balaban J connectivity index is 1.51. The minimum atomic E-state index is -1.10. The van der Waals surface area contributed by atoms with Crippen molar-refractivity contribution in [2.24, 2.45) is 0 Å². The molecule has 0 radical (unpaired) electrons. The third kappa shape index (κ3) is 7.38. The first-order valence-corrected chi connectivity index (χ1v) is 12.4. The SMILES string of the molecule is COCCN(CC(=O)N(CCc1c[nH]c2ccccc12)Cc1ccc(F)cc1)C(=O)Nc1ccc(F)c(F)c1. The van der Waals surface area contributed by atoms with E-state index in [1.165, 1.54) is 30.2 Å². The van der Waals surface area contributed by atoms with Crippen LogP contribution in [0.5, 0.6) is 0 Å². The van der Waals surface area contributed by atoms with E-state index in [1.54, 1.807) is 17.0 Å². The molecule has 4 rings (SSSR count). The number of hydrogen-bond donors (Lipinski definition) is 2. The number of nitrogens with one attached hydrogen (secondary N) is 2. The van der Waals surface area contributed by atoms with Crippen molar-refractivity contribution >= 4 is 28.5 Å². The number of rotatable bonds is 11. The molecule has 2 N–H and O–H groups in total. The molecule has 3 aromatic carbocycles. The van der Waals surface area contributed by atoms with Gasteiger partial charge in [-0.1, -0.05) is 30.3 Å². The van der Waals surface area contributed by atoms with E-state index >= 15 is 0 Å². The first-order chi connectivity index (χ1) is 18.8. The van der Waals surface area contributed by atoms with Crippen LogP contribution in [-0.2, 0) is 22.5 Å². The molecule has 0 aliphatic heterocycles. The second kappa shape index (κ2) is 13.0. The Morgan fingerprint density at radius 3 is 2.44 bits per heavy atom. The van der Waals surface area contributed by atoms with Gasteiger partial charge in [-0.05, 0) is 47.9 Å². The van der Waals surface area contributed by atoms with Crippen LogP contribution in [0.4, 0.5) is 23.7 Å². The lowest BCUT2D eigenvalue weighted by Gasteiger charge is -2.28. The third-order valence-corrected chi connectivity index (χ3v) is 6.31. The number of carbonyl (C=O) groups excluding carboxylic acids is 2. The average molecular weight is 539 g/mol. The van der Waals surface area contributed by atoms with Crippen LogP contribution in [0.25, 0.3) is 10.9 Å². The Kier molecular flexibility index (Phi) is 9.22. The van der Waals surface area contributed by atoms with Gasteiger partial charge in [-0.2, -0.15) is 0 Å². The number of anilines is 1. The zero-order valence-corrected chi connectivity index (χ0v) is 21.4. The largest absolute Gasteiger partial charge is 0.383 e. The predicted octanol–water partition coefficient (Wildman–Crippen LogP) is 5.34. The molecule has 39 heavy (non-hydrogen) atoms. The van der Waals surface area contributed by atoms with Gasteiger partial charge in [0.15, 0.2) is 11.6 Å². The van der Waals surface area contributed by atoms with Crippen molar-refractivity contribution in [2.45, 2.75) is 13.0 Å². The number of para-hydroxylation sites is 1. The van der Waals surface area contributed by atoms with Crippen LogP contribution in [-0.4, -0.2) is 60.1 Å². The number of ether oxygens (including phenoxy) is 1. The van der Waals surface area contributed by atoms with Gasteiger partial charge in [0.2, 0.25) is 5.91 Å². The fourth-order valence-electron chi connectivity index (χ4n) is 4.19. The smallest absolute Gasteiger partial charge is 0.322 e. The number of amides is 3. The van der Waals surface area contributed by atoms with Gasteiger partial charge in [-0.3, -0.25) is 4.79 Å². The van der Waals surface area contributed by atoms with Gasteiger partial charge < -0.3 is 24.8 Å². The Hall–Kier alpha value is -4.31. The van der Waals surface area contributed by atoms with Crippen molar-refractivity contribution in [3.8, 4) is 0 Å². The molecule has 1 heterocycles. The maximum absolute atomic E-state index is 13.6. The molecular formula is C29H29F3N4O3. The molecule has 0 bridgehead atoms. The van der Waals surface area contributed by atoms with E-state index in [4.69, 9.17) is 4.74 Å². The van der Waals surface area contributed by atoms with Crippen LogP contribution in [0.2, 0.25) is 0 Å². The summed E-state index contributed by atoms with van der Waals surface area (Å²) < 4.78 is 45.5. The van der Waals surface area contributed by atoms with Crippen LogP contribution < -0.4 is 5.32 Å². The molecule has 0 saturated carbocycles. The molecule has 0 unspecified atom stereocenters. The molecule has 0 spiro atoms. The number of aromatic amines is 1. The van der Waals surface area contributed by atoms with Crippen LogP contribution in [0.15, 0.2) is 72.9 Å². The molecular weight excluding hydrogens is 509 g/mol. The molecule has 0 aliphatic rings. The monoisotopic (exact) mass is 538 g/mol. The summed E-state index contributed by atoms with van der Waals surface area (Å²) in [5, 5.41) is 3.56. The van der Waals surface area contributed by atoms with Crippen molar-refractivity contribution in [1.29, 1.82) is 0 Å². The minimum Gasteiger partial charge on any atom is -0.383 e. The molecule has 1 aromatic heterocycles. The van der Waals surface area contributed by atoms with Crippen molar-refractivity contribution in [1.82, 2.24) is 14.8 Å². The average Bonchev–Trinajstić information content (AvgIpc) is 3.35. The van der Waals surface area contributed by atoms with Gasteiger partial charge in [0.05, 0.1) is 6.61 Å². The second-order valence-electron chi connectivity index (χ2n) is 9.02. The third-order valence-electron chi connectivity index (χ3n) is 6.31. The first-order valence-electron chi connectivity index (χ1n) is 12.4. The highest BCUT2D eigenvalue weighted by atomic mass is 19.2. The number of methoxy groups -OCH3 is 1. The van der Waals surface area contributed by atoms with E-state index in [2.05, 4.69) is 10.3 Å². The highest BCUT2D eigenvalue weighted by Gasteiger charge is 2.22. The summed E-state index contributed by atoms with van der Waals surface area (Å²) in [6, 6.07) is 16.1. The van der Waals surface area contributed by atoms with Crippen molar-refractivity contribution in [3.05, 3.63) is 102 Å². The lowest BCUT2D eigenvalue weighted by atomic mass is 10.1. The number of urea groups is 1. The normalized spacial score (nSPS) is 11.0. The topological polar surface area (TPSA) is 77.7 Å². The van der Waals surface area contributed by atoms with E-state index in [0.29, 0.717) is 13.0 Å². The summed E-state index contributed by atoms with van der Waals surface area (Å²) in [6.07, 6.45) is 2.46. The summed E-state index contributed by atoms with van der Waals surface area (Å²) in [5.41, 5.74) is 2.81. The van der Waals surface area contributed by atoms with Crippen LogP contribution >= 0.6 is 0 Å².